The molecule has 1 heterocycles. The zero-order valence-corrected chi connectivity index (χ0v) is 15.0. The lowest BCUT2D eigenvalue weighted by Crippen LogP contribution is -2.34. The van der Waals surface area contributed by atoms with Gasteiger partial charge >= 0.3 is 6.61 Å². The molecule has 3 nitrogen and oxygen atoms in total. The van der Waals surface area contributed by atoms with E-state index >= 15 is 0 Å². The fourth-order valence-corrected chi connectivity index (χ4v) is 3.96. The first-order valence-corrected chi connectivity index (χ1v) is 9.24. The molecule has 3 rings (SSSR count). The van der Waals surface area contributed by atoms with E-state index in [2.05, 4.69) is 10.8 Å². The second kappa shape index (κ2) is 9.11. The Morgan fingerprint density at radius 2 is 1.77 bits per heavy atom. The topological polar surface area (TPSA) is 27.7 Å². The fraction of sp³-hybridized carbons (Fsp3) is 0.579. The van der Waals surface area contributed by atoms with Gasteiger partial charge in [0.1, 0.15) is 0 Å². The summed E-state index contributed by atoms with van der Waals surface area (Å²) in [5.74, 6) is 0.0785. The van der Waals surface area contributed by atoms with Crippen molar-refractivity contribution in [3.8, 4) is 5.75 Å². The van der Waals surface area contributed by atoms with Crippen molar-refractivity contribution in [2.75, 3.05) is 13.2 Å². The standard InChI is InChI=1S/C19H22ClF3O3/c20-8-7-12-1-3-13(4-2-12)15-10-24-18(25-11-15)14-5-6-17(16(21)9-14)26-19(22)23/h5-9,12-13,15,18-19H,1-4,10-11H2/b8-7+. The van der Waals surface area contributed by atoms with Gasteiger partial charge in [0.2, 0.25) is 0 Å². The van der Waals surface area contributed by atoms with Gasteiger partial charge in [-0.3, -0.25) is 0 Å². The monoisotopic (exact) mass is 390 g/mol. The van der Waals surface area contributed by atoms with Crippen LogP contribution in [0.15, 0.2) is 29.8 Å². The summed E-state index contributed by atoms with van der Waals surface area (Å²) in [7, 11) is 0. The van der Waals surface area contributed by atoms with Gasteiger partial charge in [0.25, 0.3) is 0 Å². The minimum Gasteiger partial charge on any atom is -0.432 e. The Balaban J connectivity index is 1.52. The number of benzene rings is 1. The number of hydrogen-bond donors (Lipinski definition) is 0. The van der Waals surface area contributed by atoms with Crippen LogP contribution in [0.25, 0.3) is 0 Å². The zero-order valence-electron chi connectivity index (χ0n) is 14.3. The van der Waals surface area contributed by atoms with Crippen LogP contribution in [0.3, 0.4) is 0 Å². The van der Waals surface area contributed by atoms with Crippen molar-refractivity contribution < 1.29 is 27.4 Å². The first-order valence-electron chi connectivity index (χ1n) is 8.81. The van der Waals surface area contributed by atoms with Crippen LogP contribution >= 0.6 is 11.6 Å². The predicted molar refractivity (Wildman–Crippen MR) is 91.6 cm³/mol. The quantitative estimate of drug-likeness (QED) is 0.650. The first-order chi connectivity index (χ1) is 12.6. The molecular weight excluding hydrogens is 369 g/mol. The summed E-state index contributed by atoms with van der Waals surface area (Å²) in [5.41, 5.74) is 2.05. The second-order valence-corrected chi connectivity index (χ2v) is 7.07. The number of hydrogen-bond acceptors (Lipinski definition) is 3. The molecule has 0 bridgehead atoms. The Labute approximate surface area is 156 Å². The summed E-state index contributed by atoms with van der Waals surface area (Å²) in [6, 6.07) is 3.77. The molecule has 2 fully saturated rings. The Morgan fingerprint density at radius 3 is 2.35 bits per heavy atom. The number of rotatable bonds is 5. The highest BCUT2D eigenvalue weighted by atomic mass is 35.5. The van der Waals surface area contributed by atoms with E-state index in [1.165, 1.54) is 12.1 Å². The van der Waals surface area contributed by atoms with Crippen LogP contribution in [0, 0.1) is 23.6 Å². The smallest absolute Gasteiger partial charge is 0.387 e. The van der Waals surface area contributed by atoms with Crippen molar-refractivity contribution >= 4 is 11.6 Å². The van der Waals surface area contributed by atoms with Gasteiger partial charge in [-0.25, -0.2) is 4.39 Å². The molecular formula is C19H22ClF3O3. The molecule has 2 aliphatic rings. The van der Waals surface area contributed by atoms with Crippen molar-refractivity contribution in [1.82, 2.24) is 0 Å². The maximum atomic E-state index is 13.8. The molecule has 0 amide bonds. The molecule has 1 aliphatic heterocycles. The number of alkyl halides is 2. The molecule has 0 atom stereocenters. The predicted octanol–water partition coefficient (Wildman–Crippen LogP) is 5.65. The van der Waals surface area contributed by atoms with E-state index in [9.17, 15) is 13.2 Å². The van der Waals surface area contributed by atoms with Crippen molar-refractivity contribution in [3.05, 3.63) is 41.2 Å². The van der Waals surface area contributed by atoms with E-state index in [0.717, 1.165) is 31.7 Å². The molecule has 1 saturated heterocycles. The molecule has 0 radical (unpaired) electrons. The number of allylic oxidation sites excluding steroid dienone is 1. The summed E-state index contributed by atoms with van der Waals surface area (Å²) in [6.45, 7) is -1.97. The molecule has 1 aromatic rings. The van der Waals surface area contributed by atoms with Crippen LogP contribution in [-0.2, 0) is 9.47 Å². The third-order valence-electron chi connectivity index (χ3n) is 5.20. The molecule has 0 N–H and O–H groups in total. The van der Waals surface area contributed by atoms with E-state index in [1.54, 1.807) is 5.54 Å². The maximum absolute atomic E-state index is 13.8. The first kappa shape index (κ1) is 19.5. The summed E-state index contributed by atoms with van der Waals surface area (Å²) in [5, 5.41) is 0. The molecule has 1 aromatic carbocycles. The molecule has 0 unspecified atom stereocenters. The molecule has 144 valence electrons. The highest BCUT2D eigenvalue weighted by molar-refractivity contribution is 6.25. The van der Waals surface area contributed by atoms with Crippen LogP contribution in [0.1, 0.15) is 37.5 Å². The Bertz CT molecular complexity index is 610. The molecule has 26 heavy (non-hydrogen) atoms. The molecule has 0 spiro atoms. The highest BCUT2D eigenvalue weighted by Gasteiger charge is 2.32. The minimum atomic E-state index is -3.06. The van der Waals surface area contributed by atoms with Crippen LogP contribution < -0.4 is 4.74 Å². The minimum absolute atomic E-state index is 0.318. The van der Waals surface area contributed by atoms with E-state index in [1.807, 2.05) is 0 Å². The summed E-state index contributed by atoms with van der Waals surface area (Å²) in [6.07, 6.45) is 5.83. The lowest BCUT2D eigenvalue weighted by Gasteiger charge is -2.37. The lowest BCUT2D eigenvalue weighted by molar-refractivity contribution is -0.214. The van der Waals surface area contributed by atoms with E-state index in [4.69, 9.17) is 21.1 Å². The number of halogens is 4. The summed E-state index contributed by atoms with van der Waals surface area (Å²) in [4.78, 5) is 0. The Hall–Kier alpha value is -1.24. The third kappa shape index (κ3) is 4.93. The van der Waals surface area contributed by atoms with E-state index < -0.39 is 24.5 Å². The van der Waals surface area contributed by atoms with Crippen molar-refractivity contribution in [2.24, 2.45) is 17.8 Å². The van der Waals surface area contributed by atoms with Crippen molar-refractivity contribution in [2.45, 2.75) is 38.6 Å². The second-order valence-electron chi connectivity index (χ2n) is 6.82. The summed E-state index contributed by atoms with van der Waals surface area (Å²) < 4.78 is 53.9. The molecule has 1 aliphatic carbocycles. The average molecular weight is 391 g/mol. The number of ether oxygens (including phenoxy) is 3. The zero-order chi connectivity index (χ0) is 18.5. The molecule has 1 saturated carbocycles. The van der Waals surface area contributed by atoms with Gasteiger partial charge in [-0.05, 0) is 49.7 Å². The Kier molecular flexibility index (Phi) is 6.84. The fourth-order valence-electron chi connectivity index (χ4n) is 3.75. The highest BCUT2D eigenvalue weighted by Crippen LogP contribution is 2.38. The van der Waals surface area contributed by atoms with Gasteiger partial charge < -0.3 is 14.2 Å². The van der Waals surface area contributed by atoms with E-state index in [-0.39, 0.29) is 0 Å². The molecule has 7 heteroatoms. The Morgan fingerprint density at radius 1 is 1.08 bits per heavy atom. The van der Waals surface area contributed by atoms with Gasteiger partial charge in [-0.2, -0.15) is 8.78 Å². The SMILES string of the molecule is Fc1cc(C2OCC(C3CCC(/C=C/Cl)CC3)CO2)ccc1OC(F)F. The molecule has 0 aromatic heterocycles. The maximum Gasteiger partial charge on any atom is 0.387 e. The van der Waals surface area contributed by atoms with Gasteiger partial charge in [-0.1, -0.05) is 23.7 Å². The van der Waals surface area contributed by atoms with Crippen molar-refractivity contribution in [3.63, 3.8) is 0 Å². The van der Waals surface area contributed by atoms with Crippen LogP contribution in [0.4, 0.5) is 13.2 Å². The largest absolute Gasteiger partial charge is 0.432 e. The third-order valence-corrected chi connectivity index (χ3v) is 5.34. The van der Waals surface area contributed by atoms with Crippen LogP contribution in [0.5, 0.6) is 5.75 Å². The van der Waals surface area contributed by atoms with Gasteiger partial charge in [0.15, 0.2) is 17.9 Å². The van der Waals surface area contributed by atoms with Gasteiger partial charge in [0.05, 0.1) is 13.2 Å². The van der Waals surface area contributed by atoms with Crippen LogP contribution in [-0.4, -0.2) is 19.8 Å². The van der Waals surface area contributed by atoms with Crippen LogP contribution in [0.2, 0.25) is 0 Å². The summed E-state index contributed by atoms with van der Waals surface area (Å²) >= 11 is 5.65. The normalized spacial score (nSPS) is 30.0. The van der Waals surface area contributed by atoms with Gasteiger partial charge in [0, 0.05) is 17.0 Å². The van der Waals surface area contributed by atoms with Crippen molar-refractivity contribution in [1.29, 1.82) is 0 Å². The van der Waals surface area contributed by atoms with Gasteiger partial charge in [-0.15, -0.1) is 0 Å². The van der Waals surface area contributed by atoms with E-state index in [0.29, 0.717) is 36.5 Å². The average Bonchev–Trinajstić information content (AvgIpc) is 2.64. The lowest BCUT2D eigenvalue weighted by atomic mass is 9.76.